The van der Waals surface area contributed by atoms with Crippen LogP contribution in [0, 0.1) is 0 Å². The van der Waals surface area contributed by atoms with E-state index in [4.69, 9.17) is 19.2 Å². The highest BCUT2D eigenvalue weighted by atomic mass is 32.1. The number of fused-ring (bicyclic) bond motifs is 2. The molecule has 8 heteroatoms. The maximum atomic E-state index is 6.18. The van der Waals surface area contributed by atoms with Gasteiger partial charge in [0.25, 0.3) is 0 Å². The van der Waals surface area contributed by atoms with Crippen molar-refractivity contribution in [2.45, 2.75) is 12.3 Å². The Hall–Kier alpha value is -3.10. The van der Waals surface area contributed by atoms with E-state index in [0.29, 0.717) is 13.2 Å². The number of aromatic nitrogens is 3. The summed E-state index contributed by atoms with van der Waals surface area (Å²) in [5.41, 5.74) is 4.16. The summed E-state index contributed by atoms with van der Waals surface area (Å²) in [5, 5.41) is 8.05. The molecule has 2 aromatic heterocycles. The monoisotopic (exact) mass is 450 g/mol. The minimum absolute atomic E-state index is 0.194. The van der Waals surface area contributed by atoms with Crippen molar-refractivity contribution >= 4 is 21.6 Å². The summed E-state index contributed by atoms with van der Waals surface area (Å²) < 4.78 is 18.7. The molecule has 1 unspecified atom stereocenters. The SMILES string of the molecule is COc1ccc2c(c1)CC(c1nc3c(OCCN(C)C)cc(-c4cn[nH]c4)cc3s1)CO2. The van der Waals surface area contributed by atoms with Crippen LogP contribution < -0.4 is 14.2 Å². The Bertz CT molecular complexity index is 1220. The number of methoxy groups -OCH3 is 1. The van der Waals surface area contributed by atoms with Crippen LogP contribution in [0.15, 0.2) is 42.7 Å². The van der Waals surface area contributed by atoms with Crippen molar-refractivity contribution in [3.63, 3.8) is 0 Å². The number of H-pyrrole nitrogens is 1. The molecule has 166 valence electrons. The normalized spacial score (nSPS) is 15.6. The molecule has 5 rings (SSSR count). The van der Waals surface area contributed by atoms with Crippen LogP contribution in [0.1, 0.15) is 16.5 Å². The van der Waals surface area contributed by atoms with Gasteiger partial charge in [0.1, 0.15) is 34.4 Å². The summed E-state index contributed by atoms with van der Waals surface area (Å²) in [6.07, 6.45) is 4.59. The number of nitrogens with one attached hydrogen (secondary N) is 1. The average Bonchev–Trinajstić information content (AvgIpc) is 3.48. The minimum atomic E-state index is 0.194. The summed E-state index contributed by atoms with van der Waals surface area (Å²) in [5.74, 6) is 2.78. The average molecular weight is 451 g/mol. The zero-order chi connectivity index (χ0) is 22.1. The van der Waals surface area contributed by atoms with Gasteiger partial charge in [0.15, 0.2) is 0 Å². The summed E-state index contributed by atoms with van der Waals surface area (Å²) in [6, 6.07) is 10.2. The Morgan fingerprint density at radius 2 is 2.12 bits per heavy atom. The van der Waals surface area contributed by atoms with Crippen molar-refractivity contribution in [3.05, 3.63) is 53.3 Å². The quantitative estimate of drug-likeness (QED) is 0.451. The molecule has 7 nitrogen and oxygen atoms in total. The maximum absolute atomic E-state index is 6.18. The lowest BCUT2D eigenvalue weighted by atomic mass is 9.97. The first-order valence-electron chi connectivity index (χ1n) is 10.6. The second-order valence-electron chi connectivity index (χ2n) is 8.20. The Morgan fingerprint density at radius 1 is 1.22 bits per heavy atom. The van der Waals surface area contributed by atoms with Crippen LogP contribution in [-0.4, -0.2) is 61.0 Å². The van der Waals surface area contributed by atoms with Crippen molar-refractivity contribution in [2.24, 2.45) is 0 Å². The van der Waals surface area contributed by atoms with Crippen LogP contribution in [0.25, 0.3) is 21.3 Å². The van der Waals surface area contributed by atoms with Gasteiger partial charge < -0.3 is 19.1 Å². The Kier molecular flexibility index (Phi) is 5.71. The first-order chi connectivity index (χ1) is 15.6. The molecule has 0 amide bonds. The number of hydrogen-bond donors (Lipinski definition) is 1. The number of hydrogen-bond acceptors (Lipinski definition) is 7. The van der Waals surface area contributed by atoms with Crippen LogP contribution in [0.2, 0.25) is 0 Å². The van der Waals surface area contributed by atoms with Crippen LogP contribution in [0.4, 0.5) is 0 Å². The second kappa shape index (κ2) is 8.80. The fraction of sp³-hybridized carbons (Fsp3) is 0.333. The molecule has 1 aliphatic heterocycles. The van der Waals surface area contributed by atoms with E-state index in [9.17, 15) is 0 Å². The van der Waals surface area contributed by atoms with E-state index in [0.717, 1.165) is 62.1 Å². The third kappa shape index (κ3) is 4.16. The van der Waals surface area contributed by atoms with Crippen LogP contribution in [0.3, 0.4) is 0 Å². The maximum Gasteiger partial charge on any atom is 0.147 e. The molecule has 0 bridgehead atoms. The smallest absolute Gasteiger partial charge is 0.147 e. The molecule has 0 fully saturated rings. The molecule has 2 aromatic carbocycles. The number of likely N-dealkylation sites (N-methyl/N-ethyl adjacent to an activating group) is 1. The Morgan fingerprint density at radius 3 is 2.91 bits per heavy atom. The number of benzene rings is 2. The largest absolute Gasteiger partial charge is 0.497 e. The first-order valence-corrected chi connectivity index (χ1v) is 11.4. The predicted octanol–water partition coefficient (Wildman–Crippen LogP) is 4.35. The molecule has 3 heterocycles. The fourth-order valence-corrected chi connectivity index (χ4v) is 4.98. The van der Waals surface area contributed by atoms with E-state index in [-0.39, 0.29) is 5.92 Å². The van der Waals surface area contributed by atoms with Crippen LogP contribution >= 0.6 is 11.3 Å². The molecule has 1 aliphatic rings. The summed E-state index contributed by atoms with van der Waals surface area (Å²) >= 11 is 1.71. The highest BCUT2D eigenvalue weighted by Gasteiger charge is 2.26. The van der Waals surface area contributed by atoms with Crippen molar-refractivity contribution in [3.8, 4) is 28.4 Å². The zero-order valence-corrected chi connectivity index (χ0v) is 19.2. The van der Waals surface area contributed by atoms with E-state index in [1.165, 1.54) is 0 Å². The lowest BCUT2D eigenvalue weighted by Gasteiger charge is -2.24. The topological polar surface area (TPSA) is 72.5 Å². The van der Waals surface area contributed by atoms with Gasteiger partial charge in [-0.3, -0.25) is 5.10 Å². The van der Waals surface area contributed by atoms with Gasteiger partial charge in [-0.25, -0.2) is 4.98 Å². The van der Waals surface area contributed by atoms with Gasteiger partial charge in [-0.1, -0.05) is 0 Å². The lowest BCUT2D eigenvalue weighted by molar-refractivity contribution is 0.260. The van der Waals surface area contributed by atoms with E-state index in [2.05, 4.69) is 33.3 Å². The van der Waals surface area contributed by atoms with Gasteiger partial charge in [0, 0.05) is 24.2 Å². The van der Waals surface area contributed by atoms with E-state index < -0.39 is 0 Å². The number of aromatic amines is 1. The summed E-state index contributed by atoms with van der Waals surface area (Å²) in [4.78, 5) is 7.12. The molecule has 4 aromatic rings. The second-order valence-corrected chi connectivity index (χ2v) is 9.26. The van der Waals surface area contributed by atoms with Gasteiger partial charge in [0.2, 0.25) is 0 Å². The van der Waals surface area contributed by atoms with Gasteiger partial charge in [-0.05, 0) is 62.0 Å². The zero-order valence-electron chi connectivity index (χ0n) is 18.4. The van der Waals surface area contributed by atoms with Gasteiger partial charge in [-0.15, -0.1) is 11.3 Å². The van der Waals surface area contributed by atoms with Crippen molar-refractivity contribution in [2.75, 3.05) is 41.0 Å². The van der Waals surface area contributed by atoms with E-state index in [1.54, 1.807) is 18.4 Å². The molecule has 1 atom stereocenters. The fourth-order valence-electron chi connectivity index (χ4n) is 3.87. The van der Waals surface area contributed by atoms with Crippen LogP contribution in [0.5, 0.6) is 17.2 Å². The summed E-state index contributed by atoms with van der Waals surface area (Å²) in [6.45, 7) is 2.05. The van der Waals surface area contributed by atoms with Crippen molar-refractivity contribution in [1.29, 1.82) is 0 Å². The van der Waals surface area contributed by atoms with Crippen molar-refractivity contribution in [1.82, 2.24) is 20.1 Å². The standard InChI is InChI=1S/C24H26N4O3S/c1-28(2)6-7-30-21-10-15(18-12-25-26-13-18)11-22-23(21)27-24(32-22)17-8-16-9-19(29-3)4-5-20(16)31-14-17/h4-5,9-13,17H,6-8,14H2,1-3H3,(H,25,26). The minimum Gasteiger partial charge on any atom is -0.497 e. The third-order valence-electron chi connectivity index (χ3n) is 5.63. The number of thiazole rings is 1. The Balaban J connectivity index is 1.49. The highest BCUT2D eigenvalue weighted by molar-refractivity contribution is 7.18. The number of nitrogens with zero attached hydrogens (tertiary/aromatic N) is 3. The number of ether oxygens (including phenoxy) is 3. The molecule has 0 saturated carbocycles. The van der Waals surface area contributed by atoms with Gasteiger partial charge >= 0.3 is 0 Å². The molecule has 32 heavy (non-hydrogen) atoms. The Labute approximate surface area is 190 Å². The molecule has 0 spiro atoms. The van der Waals surface area contributed by atoms with Crippen LogP contribution in [-0.2, 0) is 6.42 Å². The number of rotatable bonds is 7. The third-order valence-corrected chi connectivity index (χ3v) is 6.79. The molecule has 0 aliphatic carbocycles. The van der Waals surface area contributed by atoms with Crippen molar-refractivity contribution < 1.29 is 14.2 Å². The molecule has 0 radical (unpaired) electrons. The lowest BCUT2D eigenvalue weighted by Crippen LogP contribution is -2.19. The molecular formula is C24H26N4O3S. The first kappa shape index (κ1) is 20.8. The molecule has 1 N–H and O–H groups in total. The molecular weight excluding hydrogens is 424 g/mol. The van der Waals surface area contributed by atoms with Gasteiger partial charge in [-0.2, -0.15) is 5.10 Å². The van der Waals surface area contributed by atoms with E-state index in [1.807, 2.05) is 38.6 Å². The summed E-state index contributed by atoms with van der Waals surface area (Å²) in [7, 11) is 5.77. The van der Waals surface area contributed by atoms with Gasteiger partial charge in [0.05, 0.1) is 24.6 Å². The molecule has 0 saturated heterocycles. The highest BCUT2D eigenvalue weighted by Crippen LogP contribution is 2.40. The predicted molar refractivity (Wildman–Crippen MR) is 126 cm³/mol. The van der Waals surface area contributed by atoms with E-state index >= 15 is 0 Å².